The lowest BCUT2D eigenvalue weighted by molar-refractivity contribution is 0.0950. The van der Waals surface area contributed by atoms with Gasteiger partial charge in [-0.2, -0.15) is 9.97 Å². The average molecular weight is 553 g/mol. The SMILES string of the molecule is COc1ncnc(OC)c1-n1c(NS(=O)(=O)C(C)C(OC)c2ncc(Cl)cn2)nnc1C1CC(C)(C)C1. The van der Waals surface area contributed by atoms with E-state index < -0.39 is 21.4 Å². The van der Waals surface area contributed by atoms with Gasteiger partial charge in [-0.3, -0.25) is 9.29 Å². The molecule has 0 aromatic carbocycles. The van der Waals surface area contributed by atoms with Gasteiger partial charge in [0, 0.05) is 25.4 Å². The number of nitrogens with one attached hydrogen (secondary N) is 1. The van der Waals surface area contributed by atoms with Crippen molar-refractivity contribution in [3.05, 3.63) is 35.4 Å². The van der Waals surface area contributed by atoms with Crippen molar-refractivity contribution in [2.75, 3.05) is 26.1 Å². The van der Waals surface area contributed by atoms with Crippen molar-refractivity contribution in [1.29, 1.82) is 0 Å². The van der Waals surface area contributed by atoms with Gasteiger partial charge in [0.1, 0.15) is 23.5 Å². The van der Waals surface area contributed by atoms with Gasteiger partial charge in [-0.05, 0) is 25.2 Å². The third-order valence-electron chi connectivity index (χ3n) is 6.31. The number of nitrogens with zero attached hydrogens (tertiary/aromatic N) is 7. The highest BCUT2D eigenvalue weighted by molar-refractivity contribution is 7.93. The zero-order chi connectivity index (χ0) is 27.0. The number of sulfonamides is 1. The monoisotopic (exact) mass is 552 g/mol. The topological polar surface area (TPSA) is 156 Å². The molecule has 0 saturated heterocycles. The molecule has 15 heteroatoms. The normalized spacial score (nSPS) is 17.1. The van der Waals surface area contributed by atoms with Gasteiger partial charge in [-0.15, -0.1) is 10.2 Å². The van der Waals surface area contributed by atoms with E-state index in [1.165, 1.54) is 47.0 Å². The summed E-state index contributed by atoms with van der Waals surface area (Å²) in [6, 6.07) is 0. The molecule has 3 aromatic heterocycles. The van der Waals surface area contributed by atoms with Gasteiger partial charge in [-0.1, -0.05) is 25.4 Å². The Morgan fingerprint density at radius 2 is 1.65 bits per heavy atom. The van der Waals surface area contributed by atoms with Crippen LogP contribution in [0.5, 0.6) is 11.8 Å². The molecule has 1 N–H and O–H groups in total. The first-order valence-corrected chi connectivity index (χ1v) is 13.3. The summed E-state index contributed by atoms with van der Waals surface area (Å²) < 4.78 is 47.6. The number of aromatic nitrogens is 7. The molecule has 0 bridgehead atoms. The molecule has 3 aromatic rings. The second-order valence-electron chi connectivity index (χ2n) is 9.50. The predicted molar refractivity (Wildman–Crippen MR) is 135 cm³/mol. The molecular formula is C22H29ClN8O5S. The van der Waals surface area contributed by atoms with Crippen molar-refractivity contribution in [2.24, 2.45) is 5.41 Å². The molecular weight excluding hydrogens is 524 g/mol. The van der Waals surface area contributed by atoms with E-state index in [1.807, 2.05) is 0 Å². The molecule has 37 heavy (non-hydrogen) atoms. The van der Waals surface area contributed by atoms with Crippen molar-refractivity contribution in [1.82, 2.24) is 34.7 Å². The fourth-order valence-electron chi connectivity index (χ4n) is 4.50. The van der Waals surface area contributed by atoms with Crippen LogP contribution in [0.1, 0.15) is 57.3 Å². The quantitative estimate of drug-likeness (QED) is 0.394. The molecule has 1 saturated carbocycles. The van der Waals surface area contributed by atoms with Crippen LogP contribution in [0.2, 0.25) is 5.02 Å². The molecule has 0 amide bonds. The molecule has 2 atom stereocenters. The Bertz CT molecular complexity index is 1340. The maximum Gasteiger partial charge on any atom is 0.245 e. The highest BCUT2D eigenvalue weighted by Crippen LogP contribution is 2.51. The summed E-state index contributed by atoms with van der Waals surface area (Å²) in [5, 5.41) is 7.75. The van der Waals surface area contributed by atoms with Crippen LogP contribution in [-0.4, -0.2) is 69.7 Å². The van der Waals surface area contributed by atoms with Crippen LogP contribution in [0.25, 0.3) is 5.69 Å². The van der Waals surface area contributed by atoms with Crippen LogP contribution in [0.3, 0.4) is 0 Å². The Labute approximate surface area is 220 Å². The van der Waals surface area contributed by atoms with E-state index in [9.17, 15) is 8.42 Å². The van der Waals surface area contributed by atoms with E-state index in [0.29, 0.717) is 10.8 Å². The summed E-state index contributed by atoms with van der Waals surface area (Å²) in [5.41, 5.74) is 0.410. The summed E-state index contributed by atoms with van der Waals surface area (Å²) in [7, 11) is 0.164. The van der Waals surface area contributed by atoms with Crippen molar-refractivity contribution >= 4 is 27.6 Å². The fourth-order valence-corrected chi connectivity index (χ4v) is 5.73. The van der Waals surface area contributed by atoms with Gasteiger partial charge in [0.05, 0.1) is 19.2 Å². The molecule has 1 aliphatic carbocycles. The maximum atomic E-state index is 13.6. The average Bonchev–Trinajstić information content (AvgIpc) is 3.25. The number of anilines is 1. The largest absolute Gasteiger partial charge is 0.479 e. The minimum absolute atomic E-state index is 0.0296. The Hall–Kier alpha value is -3.10. The first-order valence-electron chi connectivity index (χ1n) is 11.4. The first kappa shape index (κ1) is 26.9. The zero-order valence-electron chi connectivity index (χ0n) is 21.3. The number of rotatable bonds is 10. The van der Waals surface area contributed by atoms with Gasteiger partial charge >= 0.3 is 0 Å². The van der Waals surface area contributed by atoms with E-state index in [1.54, 1.807) is 4.57 Å². The van der Waals surface area contributed by atoms with Crippen molar-refractivity contribution < 1.29 is 22.6 Å². The number of ether oxygens (including phenoxy) is 3. The lowest BCUT2D eigenvalue weighted by Crippen LogP contribution is -2.34. The highest BCUT2D eigenvalue weighted by Gasteiger charge is 2.42. The first-order chi connectivity index (χ1) is 17.5. The fraction of sp³-hybridized carbons (Fsp3) is 0.545. The minimum Gasteiger partial charge on any atom is -0.479 e. The van der Waals surface area contributed by atoms with Crippen LogP contribution >= 0.6 is 11.6 Å². The number of hydrogen-bond donors (Lipinski definition) is 1. The zero-order valence-corrected chi connectivity index (χ0v) is 22.9. The molecule has 3 heterocycles. The Morgan fingerprint density at radius 3 is 2.16 bits per heavy atom. The molecule has 1 aliphatic rings. The Kier molecular flexibility index (Phi) is 7.53. The summed E-state index contributed by atoms with van der Waals surface area (Å²) in [6.45, 7) is 5.80. The van der Waals surface area contributed by atoms with Gasteiger partial charge < -0.3 is 14.2 Å². The second kappa shape index (κ2) is 10.3. The van der Waals surface area contributed by atoms with Gasteiger partial charge in [0.2, 0.25) is 27.7 Å². The second-order valence-corrected chi connectivity index (χ2v) is 12.0. The van der Waals surface area contributed by atoms with Gasteiger partial charge in [0.25, 0.3) is 0 Å². The van der Waals surface area contributed by atoms with Crippen molar-refractivity contribution in [3.8, 4) is 17.4 Å². The third kappa shape index (κ3) is 5.31. The summed E-state index contributed by atoms with van der Waals surface area (Å²) >= 11 is 5.88. The van der Waals surface area contributed by atoms with E-state index in [2.05, 4.69) is 48.7 Å². The molecule has 0 aliphatic heterocycles. The molecule has 1 fully saturated rings. The van der Waals surface area contributed by atoms with Crippen LogP contribution in [0.4, 0.5) is 5.95 Å². The van der Waals surface area contributed by atoms with Gasteiger partial charge in [-0.25, -0.2) is 18.4 Å². The summed E-state index contributed by atoms with van der Waals surface area (Å²) in [6.07, 6.45) is 4.73. The standard InChI is InChI=1S/C22H29ClN8O5S/c1-12(16(34-4)17-24-9-14(23)10-25-17)37(32,33)30-21-29-28-18(13-7-22(2,3)8-13)31(21)15-19(35-5)26-11-27-20(15)36-6/h9-13,16H,7-8H2,1-6H3,(H,29,30). The smallest absolute Gasteiger partial charge is 0.245 e. The molecule has 4 rings (SSSR count). The van der Waals surface area contributed by atoms with Crippen molar-refractivity contribution in [2.45, 2.75) is 50.9 Å². The third-order valence-corrected chi connectivity index (χ3v) is 8.20. The number of hydrogen-bond acceptors (Lipinski definition) is 11. The minimum atomic E-state index is -4.11. The molecule has 0 radical (unpaired) electrons. The van der Waals surface area contributed by atoms with E-state index in [-0.39, 0.29) is 40.6 Å². The lowest BCUT2D eigenvalue weighted by atomic mass is 9.64. The molecule has 200 valence electrons. The number of halogens is 1. The summed E-state index contributed by atoms with van der Waals surface area (Å²) in [5.74, 6) is 1.02. The number of methoxy groups -OCH3 is 3. The Balaban J connectivity index is 1.77. The summed E-state index contributed by atoms with van der Waals surface area (Å²) in [4.78, 5) is 16.6. The molecule has 2 unspecified atom stereocenters. The van der Waals surface area contributed by atoms with Crippen LogP contribution in [0, 0.1) is 5.41 Å². The van der Waals surface area contributed by atoms with Crippen molar-refractivity contribution in [3.63, 3.8) is 0 Å². The predicted octanol–water partition coefficient (Wildman–Crippen LogP) is 2.94. The van der Waals surface area contributed by atoms with Gasteiger partial charge in [0.15, 0.2) is 11.5 Å². The molecule has 0 spiro atoms. The lowest BCUT2D eigenvalue weighted by Gasteiger charge is -2.42. The van der Waals surface area contributed by atoms with Crippen LogP contribution in [-0.2, 0) is 14.8 Å². The van der Waals surface area contributed by atoms with Crippen LogP contribution < -0.4 is 14.2 Å². The van der Waals surface area contributed by atoms with Crippen LogP contribution in [0.15, 0.2) is 18.7 Å². The van der Waals surface area contributed by atoms with E-state index in [4.69, 9.17) is 25.8 Å². The van der Waals surface area contributed by atoms with E-state index >= 15 is 0 Å². The Morgan fingerprint density at radius 1 is 1.05 bits per heavy atom. The van der Waals surface area contributed by atoms with E-state index in [0.717, 1.165) is 12.8 Å². The molecule has 13 nitrogen and oxygen atoms in total. The highest BCUT2D eigenvalue weighted by atomic mass is 35.5. The maximum absolute atomic E-state index is 13.6.